The quantitative estimate of drug-likeness (QED) is 0.590. The highest BCUT2D eigenvalue weighted by atomic mass is 19.1. The number of amides is 1. The lowest BCUT2D eigenvalue weighted by atomic mass is 10.1. The van der Waals surface area contributed by atoms with Crippen LogP contribution in [0.3, 0.4) is 0 Å². The number of hydrogen-bond donors (Lipinski definition) is 2. The van der Waals surface area contributed by atoms with Crippen LogP contribution < -0.4 is 10.6 Å². The monoisotopic (exact) mass is 363 g/mol. The first-order chi connectivity index (χ1) is 13.2. The Morgan fingerprint density at radius 3 is 2.41 bits per heavy atom. The van der Waals surface area contributed by atoms with Crippen molar-refractivity contribution < 1.29 is 9.18 Å². The third-order valence-electron chi connectivity index (χ3n) is 4.18. The molecule has 27 heavy (non-hydrogen) atoms. The fraction of sp³-hybridized carbons (Fsp3) is 0.182. The van der Waals surface area contributed by atoms with Crippen molar-refractivity contribution in [1.29, 1.82) is 0 Å². The van der Waals surface area contributed by atoms with Gasteiger partial charge in [-0.15, -0.1) is 0 Å². The predicted molar refractivity (Wildman–Crippen MR) is 105 cm³/mol. The molecule has 138 valence electrons. The lowest BCUT2D eigenvalue weighted by molar-refractivity contribution is 0.0950. The number of anilines is 1. The zero-order valence-corrected chi connectivity index (χ0v) is 15.0. The van der Waals surface area contributed by atoms with Gasteiger partial charge in [0.2, 0.25) is 0 Å². The van der Waals surface area contributed by atoms with Gasteiger partial charge in [0.05, 0.1) is 5.56 Å². The number of hydrogen-bond acceptors (Lipinski definition) is 3. The third-order valence-corrected chi connectivity index (χ3v) is 4.18. The highest BCUT2D eigenvalue weighted by Crippen LogP contribution is 2.08. The number of benzene rings is 2. The van der Waals surface area contributed by atoms with Crippen molar-refractivity contribution in [2.24, 2.45) is 0 Å². The van der Waals surface area contributed by atoms with Crippen LogP contribution in [0, 0.1) is 5.82 Å². The van der Waals surface area contributed by atoms with Crippen LogP contribution in [0.15, 0.2) is 72.9 Å². The molecule has 2 N–H and O–H groups in total. The highest BCUT2D eigenvalue weighted by molar-refractivity contribution is 5.93. The summed E-state index contributed by atoms with van der Waals surface area (Å²) in [6.07, 6.45) is 3.57. The Labute approximate surface area is 158 Å². The second-order valence-electron chi connectivity index (χ2n) is 6.26. The molecule has 1 heterocycles. The Kier molecular flexibility index (Phi) is 6.52. The normalized spacial score (nSPS) is 10.4. The molecule has 3 aromatic rings. The maximum Gasteiger partial charge on any atom is 0.253 e. The summed E-state index contributed by atoms with van der Waals surface area (Å²) in [7, 11) is 0. The molecule has 1 aromatic heterocycles. The molecule has 0 fully saturated rings. The summed E-state index contributed by atoms with van der Waals surface area (Å²) in [6.45, 7) is 1.16. The standard InChI is InChI=1S/C22H22FN3O/c23-20-11-8-18(9-12-20)15-26-22(27)19-10-13-21(25-16-19)24-14-4-7-17-5-2-1-3-6-17/h1-3,5-6,8-13,16H,4,7,14-15H2,(H,24,25)(H,26,27). The Hall–Kier alpha value is -3.21. The highest BCUT2D eigenvalue weighted by Gasteiger charge is 2.06. The maximum atomic E-state index is 12.9. The van der Waals surface area contributed by atoms with Gasteiger partial charge in [0.15, 0.2) is 0 Å². The fourth-order valence-corrected chi connectivity index (χ4v) is 2.67. The van der Waals surface area contributed by atoms with Crippen LogP contribution in [0.25, 0.3) is 0 Å². The van der Waals surface area contributed by atoms with Crippen LogP contribution in [0.1, 0.15) is 27.9 Å². The average molecular weight is 363 g/mol. The van der Waals surface area contributed by atoms with Crippen molar-refractivity contribution in [2.45, 2.75) is 19.4 Å². The number of carbonyl (C=O) groups excluding carboxylic acids is 1. The summed E-state index contributed by atoms with van der Waals surface area (Å²) in [6, 6.07) is 19.9. The average Bonchev–Trinajstić information content (AvgIpc) is 2.72. The van der Waals surface area contributed by atoms with Gasteiger partial charge >= 0.3 is 0 Å². The Balaban J connectivity index is 1.42. The van der Waals surface area contributed by atoms with E-state index in [1.54, 1.807) is 30.5 Å². The number of nitrogens with zero attached hydrogens (tertiary/aromatic N) is 1. The number of halogens is 1. The van der Waals surface area contributed by atoms with Crippen molar-refractivity contribution in [3.05, 3.63) is 95.4 Å². The third kappa shape index (κ3) is 5.92. The first-order valence-electron chi connectivity index (χ1n) is 8.97. The van der Waals surface area contributed by atoms with Gasteiger partial charge in [-0.3, -0.25) is 4.79 Å². The molecule has 0 aliphatic carbocycles. The first kappa shape index (κ1) is 18.6. The lowest BCUT2D eigenvalue weighted by Crippen LogP contribution is -2.23. The van der Waals surface area contributed by atoms with E-state index in [0.717, 1.165) is 30.8 Å². The van der Waals surface area contributed by atoms with Gasteiger partial charge in [-0.2, -0.15) is 0 Å². The minimum Gasteiger partial charge on any atom is -0.370 e. The molecule has 2 aromatic carbocycles. The summed E-state index contributed by atoms with van der Waals surface area (Å²) in [5, 5.41) is 6.07. The van der Waals surface area contributed by atoms with E-state index in [2.05, 4.69) is 27.8 Å². The Morgan fingerprint density at radius 2 is 1.70 bits per heavy atom. The van der Waals surface area contributed by atoms with Crippen LogP contribution >= 0.6 is 0 Å². The molecule has 5 heteroatoms. The van der Waals surface area contributed by atoms with E-state index in [1.165, 1.54) is 17.7 Å². The second kappa shape index (κ2) is 9.48. The van der Waals surface area contributed by atoms with Crippen LogP contribution in [0.4, 0.5) is 10.2 Å². The lowest BCUT2D eigenvalue weighted by Gasteiger charge is -2.08. The Morgan fingerprint density at radius 1 is 0.926 bits per heavy atom. The van der Waals surface area contributed by atoms with E-state index in [-0.39, 0.29) is 11.7 Å². The van der Waals surface area contributed by atoms with E-state index < -0.39 is 0 Å². The van der Waals surface area contributed by atoms with Crippen molar-refractivity contribution in [3.8, 4) is 0 Å². The number of aromatic nitrogens is 1. The number of pyridine rings is 1. The molecule has 0 radical (unpaired) electrons. The number of carbonyl (C=O) groups is 1. The summed E-state index contributed by atoms with van der Waals surface area (Å²) in [5.41, 5.74) is 2.65. The molecule has 3 rings (SSSR count). The minimum atomic E-state index is -0.291. The first-order valence-corrected chi connectivity index (χ1v) is 8.97. The summed E-state index contributed by atoms with van der Waals surface area (Å²) >= 11 is 0. The van der Waals surface area contributed by atoms with E-state index >= 15 is 0 Å². The van der Waals surface area contributed by atoms with E-state index in [1.807, 2.05) is 18.2 Å². The molecule has 0 spiro atoms. The summed E-state index contributed by atoms with van der Waals surface area (Å²) in [5.74, 6) is 0.252. The molecule has 0 saturated carbocycles. The van der Waals surface area contributed by atoms with E-state index in [4.69, 9.17) is 0 Å². The summed E-state index contributed by atoms with van der Waals surface area (Å²) < 4.78 is 12.9. The van der Waals surface area contributed by atoms with Crippen LogP contribution in [-0.4, -0.2) is 17.4 Å². The van der Waals surface area contributed by atoms with E-state index in [0.29, 0.717) is 12.1 Å². The SMILES string of the molecule is O=C(NCc1ccc(F)cc1)c1ccc(NCCCc2ccccc2)nc1. The second-order valence-corrected chi connectivity index (χ2v) is 6.26. The minimum absolute atomic E-state index is 0.206. The van der Waals surface area contributed by atoms with Crippen molar-refractivity contribution >= 4 is 11.7 Å². The van der Waals surface area contributed by atoms with Gasteiger partial charge in [0, 0.05) is 19.3 Å². The van der Waals surface area contributed by atoms with Gasteiger partial charge < -0.3 is 10.6 Å². The predicted octanol–water partition coefficient (Wildman–Crippen LogP) is 4.20. The van der Waals surface area contributed by atoms with E-state index in [9.17, 15) is 9.18 Å². The molecule has 0 bridgehead atoms. The maximum absolute atomic E-state index is 12.9. The molecule has 0 unspecified atom stereocenters. The summed E-state index contributed by atoms with van der Waals surface area (Å²) in [4.78, 5) is 16.5. The van der Waals surface area contributed by atoms with Gasteiger partial charge in [0.1, 0.15) is 11.6 Å². The van der Waals surface area contributed by atoms with Crippen molar-refractivity contribution in [2.75, 3.05) is 11.9 Å². The zero-order chi connectivity index (χ0) is 18.9. The zero-order valence-electron chi connectivity index (χ0n) is 15.0. The molecule has 0 aliphatic heterocycles. The van der Waals surface area contributed by atoms with Gasteiger partial charge in [0.25, 0.3) is 5.91 Å². The van der Waals surface area contributed by atoms with Gasteiger partial charge in [-0.05, 0) is 48.2 Å². The van der Waals surface area contributed by atoms with Crippen LogP contribution in [0.5, 0.6) is 0 Å². The molecule has 0 atom stereocenters. The van der Waals surface area contributed by atoms with Crippen LogP contribution in [-0.2, 0) is 13.0 Å². The molecule has 1 amide bonds. The number of nitrogens with one attached hydrogen (secondary N) is 2. The molecule has 4 nitrogen and oxygen atoms in total. The fourth-order valence-electron chi connectivity index (χ4n) is 2.67. The molecular formula is C22H22FN3O. The topological polar surface area (TPSA) is 54.0 Å². The van der Waals surface area contributed by atoms with Crippen LogP contribution in [0.2, 0.25) is 0 Å². The number of rotatable bonds is 8. The van der Waals surface area contributed by atoms with Crippen molar-refractivity contribution in [1.82, 2.24) is 10.3 Å². The molecular weight excluding hydrogens is 341 g/mol. The molecule has 0 saturated heterocycles. The largest absolute Gasteiger partial charge is 0.370 e. The van der Waals surface area contributed by atoms with Gasteiger partial charge in [-0.1, -0.05) is 42.5 Å². The smallest absolute Gasteiger partial charge is 0.253 e. The number of aryl methyl sites for hydroxylation is 1. The van der Waals surface area contributed by atoms with Crippen molar-refractivity contribution in [3.63, 3.8) is 0 Å². The Bertz CT molecular complexity index is 849. The molecule has 0 aliphatic rings. The van der Waals surface area contributed by atoms with Gasteiger partial charge in [-0.25, -0.2) is 9.37 Å².